The number of hydrogen-bond acceptors (Lipinski definition) is 1. The van der Waals surface area contributed by atoms with Crippen LogP contribution < -0.4 is 5.56 Å². The fourth-order valence-corrected chi connectivity index (χ4v) is 1.46. The van der Waals surface area contributed by atoms with Crippen LogP contribution in [0.2, 0.25) is 0 Å². The minimum Gasteiger partial charge on any atom is -0.325 e. The molecule has 1 rings (SSSR count). The summed E-state index contributed by atoms with van der Waals surface area (Å²) >= 11 is 0. The second-order valence-electron chi connectivity index (χ2n) is 3.48. The molecule has 1 heterocycles. The van der Waals surface area contributed by atoms with Gasteiger partial charge in [-0.3, -0.25) is 4.79 Å². The lowest BCUT2D eigenvalue weighted by Crippen LogP contribution is -2.12. The zero-order chi connectivity index (χ0) is 12.7. The van der Waals surface area contributed by atoms with Gasteiger partial charge in [-0.2, -0.15) is 0 Å². The SMILES string of the molecule is C=Cc1cc(=O)[nH]c(C(C)C)c1C=C.CC. The predicted octanol–water partition coefficient (Wildman–Crippen LogP) is 3.81. The van der Waals surface area contributed by atoms with Crippen molar-refractivity contribution in [3.8, 4) is 0 Å². The molecule has 1 aromatic heterocycles. The molecule has 0 spiro atoms. The van der Waals surface area contributed by atoms with E-state index in [4.69, 9.17) is 0 Å². The number of pyridine rings is 1. The van der Waals surface area contributed by atoms with Crippen LogP contribution in [-0.4, -0.2) is 4.98 Å². The normalized spacial score (nSPS) is 9.31. The van der Waals surface area contributed by atoms with E-state index in [-0.39, 0.29) is 11.5 Å². The lowest BCUT2D eigenvalue weighted by atomic mass is 9.99. The Balaban J connectivity index is 0.00000106. The molecule has 0 saturated heterocycles. The Kier molecular flexibility index (Phi) is 6.16. The van der Waals surface area contributed by atoms with Crippen LogP contribution in [0.25, 0.3) is 12.2 Å². The molecular weight excluding hydrogens is 198 g/mol. The van der Waals surface area contributed by atoms with Gasteiger partial charge in [0.05, 0.1) is 0 Å². The highest BCUT2D eigenvalue weighted by atomic mass is 16.1. The summed E-state index contributed by atoms with van der Waals surface area (Å²) < 4.78 is 0. The molecule has 2 heteroatoms. The highest BCUT2D eigenvalue weighted by Gasteiger charge is 2.08. The van der Waals surface area contributed by atoms with Crippen LogP contribution in [0.5, 0.6) is 0 Å². The van der Waals surface area contributed by atoms with Crippen LogP contribution in [0.4, 0.5) is 0 Å². The minimum atomic E-state index is -0.0887. The highest BCUT2D eigenvalue weighted by Crippen LogP contribution is 2.20. The molecule has 1 N–H and O–H groups in total. The third-order valence-corrected chi connectivity index (χ3v) is 2.15. The molecule has 0 aliphatic rings. The van der Waals surface area contributed by atoms with Gasteiger partial charge in [-0.25, -0.2) is 0 Å². The lowest BCUT2D eigenvalue weighted by molar-refractivity contribution is 0.812. The van der Waals surface area contributed by atoms with Crippen molar-refractivity contribution in [1.29, 1.82) is 0 Å². The maximum absolute atomic E-state index is 11.3. The van der Waals surface area contributed by atoms with Gasteiger partial charge in [0.15, 0.2) is 0 Å². The second-order valence-corrected chi connectivity index (χ2v) is 3.48. The molecule has 0 atom stereocenters. The smallest absolute Gasteiger partial charge is 0.248 e. The van der Waals surface area contributed by atoms with Crippen LogP contribution in [0.15, 0.2) is 24.0 Å². The molecule has 0 amide bonds. The first-order valence-electron chi connectivity index (χ1n) is 5.62. The fourth-order valence-electron chi connectivity index (χ4n) is 1.46. The third-order valence-electron chi connectivity index (χ3n) is 2.15. The maximum atomic E-state index is 11.3. The van der Waals surface area contributed by atoms with Crippen LogP contribution in [0, 0.1) is 0 Å². The fraction of sp³-hybridized carbons (Fsp3) is 0.357. The molecule has 0 aromatic carbocycles. The Hall–Kier alpha value is -1.57. The number of hydrogen-bond donors (Lipinski definition) is 1. The minimum absolute atomic E-state index is 0.0887. The summed E-state index contributed by atoms with van der Waals surface area (Å²) in [6.45, 7) is 15.5. The Labute approximate surface area is 97.7 Å². The zero-order valence-electron chi connectivity index (χ0n) is 10.6. The maximum Gasteiger partial charge on any atom is 0.248 e. The van der Waals surface area contributed by atoms with E-state index < -0.39 is 0 Å². The molecule has 0 radical (unpaired) electrons. The van der Waals surface area contributed by atoms with Crippen molar-refractivity contribution >= 4 is 12.2 Å². The first-order valence-corrected chi connectivity index (χ1v) is 5.62. The number of nitrogens with one attached hydrogen (secondary N) is 1. The van der Waals surface area contributed by atoms with Crippen molar-refractivity contribution in [3.05, 3.63) is 46.4 Å². The van der Waals surface area contributed by atoms with Crippen molar-refractivity contribution in [2.24, 2.45) is 0 Å². The molecule has 0 unspecified atom stereocenters. The first kappa shape index (κ1) is 14.4. The van der Waals surface area contributed by atoms with Crippen molar-refractivity contribution < 1.29 is 0 Å². The molecule has 0 aliphatic heterocycles. The van der Waals surface area contributed by atoms with Gasteiger partial charge in [0, 0.05) is 17.3 Å². The van der Waals surface area contributed by atoms with E-state index in [0.717, 1.165) is 16.8 Å². The summed E-state index contributed by atoms with van der Waals surface area (Å²) in [7, 11) is 0. The molecule has 0 aliphatic carbocycles. The van der Waals surface area contributed by atoms with Gasteiger partial charge in [0.1, 0.15) is 0 Å². The topological polar surface area (TPSA) is 32.9 Å². The van der Waals surface area contributed by atoms with Gasteiger partial charge in [-0.1, -0.05) is 53.0 Å². The highest BCUT2D eigenvalue weighted by molar-refractivity contribution is 5.65. The van der Waals surface area contributed by atoms with E-state index in [9.17, 15) is 4.79 Å². The number of rotatable bonds is 3. The average molecular weight is 219 g/mol. The third kappa shape index (κ3) is 3.23. The van der Waals surface area contributed by atoms with Crippen LogP contribution in [-0.2, 0) is 0 Å². The number of aromatic nitrogens is 1. The van der Waals surface area contributed by atoms with Crippen LogP contribution in [0.1, 0.15) is 50.4 Å². The number of H-pyrrole nitrogens is 1. The Morgan fingerprint density at radius 1 is 1.25 bits per heavy atom. The van der Waals surface area contributed by atoms with E-state index in [1.54, 1.807) is 12.2 Å². The van der Waals surface area contributed by atoms with Gasteiger partial charge in [-0.15, -0.1) is 0 Å². The molecule has 0 fully saturated rings. The lowest BCUT2D eigenvalue weighted by Gasteiger charge is -2.11. The quantitative estimate of drug-likeness (QED) is 0.823. The Morgan fingerprint density at radius 3 is 2.19 bits per heavy atom. The number of aromatic amines is 1. The molecule has 0 bridgehead atoms. The zero-order valence-corrected chi connectivity index (χ0v) is 10.6. The Bertz CT molecular complexity index is 413. The predicted molar refractivity (Wildman–Crippen MR) is 72.7 cm³/mol. The van der Waals surface area contributed by atoms with E-state index in [2.05, 4.69) is 18.1 Å². The molecular formula is C14H21NO. The summed E-state index contributed by atoms with van der Waals surface area (Å²) in [6, 6.07) is 1.54. The molecule has 0 saturated carbocycles. The largest absolute Gasteiger partial charge is 0.325 e. The Morgan fingerprint density at radius 2 is 1.81 bits per heavy atom. The van der Waals surface area contributed by atoms with Crippen LogP contribution >= 0.6 is 0 Å². The standard InChI is InChI=1S/C12H15NO.C2H6/c1-5-9-7-11(14)13-12(8(3)4)10(9)6-2;1-2/h5-8H,1-2H2,3-4H3,(H,13,14);1-2H3. The summed E-state index contributed by atoms with van der Waals surface area (Å²) in [5, 5.41) is 0. The van der Waals surface area contributed by atoms with E-state index >= 15 is 0 Å². The van der Waals surface area contributed by atoms with Crippen molar-refractivity contribution in [2.75, 3.05) is 0 Å². The van der Waals surface area contributed by atoms with Gasteiger partial charge in [0.2, 0.25) is 5.56 Å². The van der Waals surface area contributed by atoms with Crippen molar-refractivity contribution in [3.63, 3.8) is 0 Å². The summed E-state index contributed by atoms with van der Waals surface area (Å²) in [6.07, 6.45) is 3.43. The molecule has 2 nitrogen and oxygen atoms in total. The molecule has 16 heavy (non-hydrogen) atoms. The van der Waals surface area contributed by atoms with E-state index in [1.165, 1.54) is 6.07 Å². The summed E-state index contributed by atoms with van der Waals surface area (Å²) in [5.41, 5.74) is 2.64. The van der Waals surface area contributed by atoms with Crippen molar-refractivity contribution in [1.82, 2.24) is 4.98 Å². The molecule has 88 valence electrons. The summed E-state index contributed by atoms with van der Waals surface area (Å²) in [5.74, 6) is 0.274. The summed E-state index contributed by atoms with van der Waals surface area (Å²) in [4.78, 5) is 14.1. The van der Waals surface area contributed by atoms with Crippen molar-refractivity contribution in [2.45, 2.75) is 33.6 Å². The average Bonchev–Trinajstić information content (AvgIpc) is 2.30. The van der Waals surface area contributed by atoms with Gasteiger partial charge in [0.25, 0.3) is 0 Å². The van der Waals surface area contributed by atoms with Gasteiger partial charge < -0.3 is 4.98 Å². The molecule has 1 aromatic rings. The first-order chi connectivity index (χ1) is 7.60. The van der Waals surface area contributed by atoms with E-state index in [0.29, 0.717) is 0 Å². The monoisotopic (exact) mass is 219 g/mol. The van der Waals surface area contributed by atoms with Crippen LogP contribution in [0.3, 0.4) is 0 Å². The van der Waals surface area contributed by atoms with Gasteiger partial charge >= 0.3 is 0 Å². The second kappa shape index (κ2) is 6.83. The van der Waals surface area contributed by atoms with Gasteiger partial charge in [-0.05, 0) is 11.5 Å². The van der Waals surface area contributed by atoms with E-state index in [1.807, 2.05) is 27.7 Å².